The van der Waals surface area contributed by atoms with Crippen molar-refractivity contribution in [3.05, 3.63) is 12.2 Å². The minimum absolute atomic E-state index is 0.307. The van der Waals surface area contributed by atoms with Gasteiger partial charge in [-0.3, -0.25) is 0 Å². The molecule has 2 aliphatic carbocycles. The van der Waals surface area contributed by atoms with Gasteiger partial charge in [0.05, 0.1) is 0 Å². The fourth-order valence-corrected chi connectivity index (χ4v) is 2.62. The average Bonchev–Trinajstić information content (AvgIpc) is 2.45. The topological polar surface area (TPSA) is 17.1 Å². The second-order valence-electron chi connectivity index (χ2n) is 4.22. The SMILES string of the molecule is C[C@@]1(CC=O)C[C@@H]2C=C[C@H]1C2. The Balaban J connectivity index is 2.16. The predicted octanol–water partition coefficient (Wildman–Crippen LogP) is 2.18. The summed E-state index contributed by atoms with van der Waals surface area (Å²) in [7, 11) is 0. The van der Waals surface area contributed by atoms with E-state index in [1.165, 1.54) is 12.8 Å². The molecule has 1 saturated carbocycles. The summed E-state index contributed by atoms with van der Waals surface area (Å²) in [6.45, 7) is 2.25. The van der Waals surface area contributed by atoms with Crippen LogP contribution < -0.4 is 0 Å². The zero-order valence-electron chi connectivity index (χ0n) is 6.92. The molecule has 0 unspecified atom stereocenters. The number of allylic oxidation sites excluding steroid dienone is 2. The van der Waals surface area contributed by atoms with Crippen LogP contribution in [-0.2, 0) is 4.79 Å². The smallest absolute Gasteiger partial charge is 0.120 e. The van der Waals surface area contributed by atoms with Crippen molar-refractivity contribution >= 4 is 6.29 Å². The summed E-state index contributed by atoms with van der Waals surface area (Å²) in [6.07, 6.45) is 8.97. The Morgan fingerprint density at radius 3 is 2.91 bits per heavy atom. The molecule has 0 heterocycles. The molecular weight excluding hydrogens is 136 g/mol. The van der Waals surface area contributed by atoms with Gasteiger partial charge in [0.1, 0.15) is 6.29 Å². The van der Waals surface area contributed by atoms with Crippen molar-refractivity contribution in [3.63, 3.8) is 0 Å². The lowest BCUT2D eigenvalue weighted by atomic mass is 9.75. The van der Waals surface area contributed by atoms with Crippen LogP contribution in [0.3, 0.4) is 0 Å². The predicted molar refractivity (Wildman–Crippen MR) is 44.1 cm³/mol. The van der Waals surface area contributed by atoms with Gasteiger partial charge in [0, 0.05) is 6.42 Å². The molecule has 0 N–H and O–H groups in total. The van der Waals surface area contributed by atoms with Gasteiger partial charge in [0.15, 0.2) is 0 Å². The summed E-state index contributed by atoms with van der Waals surface area (Å²) in [6, 6.07) is 0. The number of hydrogen-bond acceptors (Lipinski definition) is 1. The van der Waals surface area contributed by atoms with E-state index in [1.807, 2.05) is 0 Å². The average molecular weight is 150 g/mol. The maximum Gasteiger partial charge on any atom is 0.120 e. The summed E-state index contributed by atoms with van der Waals surface area (Å²) in [5.74, 6) is 1.47. The summed E-state index contributed by atoms with van der Waals surface area (Å²) < 4.78 is 0. The Morgan fingerprint density at radius 1 is 1.64 bits per heavy atom. The molecule has 0 aromatic carbocycles. The molecule has 0 radical (unpaired) electrons. The van der Waals surface area contributed by atoms with Crippen LogP contribution in [0.15, 0.2) is 12.2 Å². The Bertz CT molecular complexity index is 207. The number of fused-ring (bicyclic) bond motifs is 2. The number of carbonyl (C=O) groups is 1. The van der Waals surface area contributed by atoms with Gasteiger partial charge >= 0.3 is 0 Å². The van der Waals surface area contributed by atoms with Crippen molar-refractivity contribution in [2.45, 2.75) is 26.2 Å². The normalized spacial score (nSPS) is 46.6. The third kappa shape index (κ3) is 0.943. The van der Waals surface area contributed by atoms with Crippen LogP contribution in [-0.4, -0.2) is 6.29 Å². The van der Waals surface area contributed by atoms with Gasteiger partial charge in [-0.05, 0) is 30.1 Å². The van der Waals surface area contributed by atoms with E-state index in [2.05, 4.69) is 19.1 Å². The van der Waals surface area contributed by atoms with Gasteiger partial charge < -0.3 is 4.79 Å². The lowest BCUT2D eigenvalue weighted by Crippen LogP contribution is -2.21. The first kappa shape index (κ1) is 7.08. The van der Waals surface area contributed by atoms with Gasteiger partial charge in [-0.15, -0.1) is 0 Å². The summed E-state index contributed by atoms with van der Waals surface area (Å²) >= 11 is 0. The van der Waals surface area contributed by atoms with E-state index in [0.29, 0.717) is 11.3 Å². The lowest BCUT2D eigenvalue weighted by Gasteiger charge is -2.28. The Labute approximate surface area is 67.5 Å². The van der Waals surface area contributed by atoms with E-state index >= 15 is 0 Å². The van der Waals surface area contributed by atoms with Crippen molar-refractivity contribution in [2.75, 3.05) is 0 Å². The Morgan fingerprint density at radius 2 is 2.45 bits per heavy atom. The molecule has 2 rings (SSSR count). The van der Waals surface area contributed by atoms with Crippen LogP contribution in [0.25, 0.3) is 0 Å². The molecule has 3 atom stereocenters. The molecule has 0 aromatic rings. The van der Waals surface area contributed by atoms with Gasteiger partial charge in [0.25, 0.3) is 0 Å². The van der Waals surface area contributed by atoms with Crippen molar-refractivity contribution in [1.29, 1.82) is 0 Å². The fourth-order valence-electron chi connectivity index (χ4n) is 2.62. The second-order valence-corrected chi connectivity index (χ2v) is 4.22. The van der Waals surface area contributed by atoms with Gasteiger partial charge in [-0.2, -0.15) is 0 Å². The molecule has 60 valence electrons. The summed E-state index contributed by atoms with van der Waals surface area (Å²) in [5.41, 5.74) is 0.307. The van der Waals surface area contributed by atoms with Crippen LogP contribution >= 0.6 is 0 Å². The third-order valence-corrected chi connectivity index (χ3v) is 3.35. The molecule has 0 saturated heterocycles. The molecule has 0 aromatic heterocycles. The fraction of sp³-hybridized carbons (Fsp3) is 0.700. The van der Waals surface area contributed by atoms with Crippen LogP contribution in [0.4, 0.5) is 0 Å². The summed E-state index contributed by atoms with van der Waals surface area (Å²) in [5, 5.41) is 0. The van der Waals surface area contributed by atoms with Gasteiger partial charge in [-0.1, -0.05) is 19.1 Å². The quantitative estimate of drug-likeness (QED) is 0.435. The van der Waals surface area contributed by atoms with Crippen molar-refractivity contribution in [3.8, 4) is 0 Å². The monoisotopic (exact) mass is 150 g/mol. The molecule has 1 nitrogen and oxygen atoms in total. The maximum atomic E-state index is 10.4. The number of carbonyl (C=O) groups excluding carboxylic acids is 1. The molecular formula is C10H14O. The van der Waals surface area contributed by atoms with E-state index in [4.69, 9.17) is 0 Å². The van der Waals surface area contributed by atoms with Crippen molar-refractivity contribution in [2.24, 2.45) is 17.3 Å². The van der Waals surface area contributed by atoms with Crippen LogP contribution in [0.5, 0.6) is 0 Å². The van der Waals surface area contributed by atoms with Crippen LogP contribution in [0, 0.1) is 17.3 Å². The number of aldehydes is 1. The molecule has 1 fully saturated rings. The van der Waals surface area contributed by atoms with E-state index in [-0.39, 0.29) is 0 Å². The lowest BCUT2D eigenvalue weighted by molar-refractivity contribution is -0.110. The molecule has 0 spiro atoms. The molecule has 11 heavy (non-hydrogen) atoms. The van der Waals surface area contributed by atoms with E-state index in [0.717, 1.165) is 18.6 Å². The zero-order chi connectivity index (χ0) is 7.90. The molecule has 0 amide bonds. The van der Waals surface area contributed by atoms with Gasteiger partial charge in [0.2, 0.25) is 0 Å². The molecule has 0 aliphatic heterocycles. The molecule has 1 heteroatoms. The minimum atomic E-state index is 0.307. The molecule has 2 aliphatic rings. The highest BCUT2D eigenvalue weighted by Gasteiger charge is 2.44. The maximum absolute atomic E-state index is 10.4. The standard InChI is InChI=1S/C10H14O/c1-10(4-5-11)7-8-2-3-9(10)6-8/h2-3,5,8-9H,4,6-7H2,1H3/t8-,9+,10-/m1/s1. The zero-order valence-corrected chi connectivity index (χ0v) is 6.92. The summed E-state index contributed by atoms with van der Waals surface area (Å²) in [4.78, 5) is 10.4. The highest BCUT2D eigenvalue weighted by molar-refractivity contribution is 5.51. The van der Waals surface area contributed by atoms with Crippen LogP contribution in [0.2, 0.25) is 0 Å². The van der Waals surface area contributed by atoms with E-state index < -0.39 is 0 Å². The minimum Gasteiger partial charge on any atom is -0.303 e. The number of rotatable bonds is 2. The first-order chi connectivity index (χ1) is 5.24. The first-order valence-corrected chi connectivity index (χ1v) is 4.36. The van der Waals surface area contributed by atoms with E-state index in [9.17, 15) is 4.79 Å². The van der Waals surface area contributed by atoms with E-state index in [1.54, 1.807) is 0 Å². The highest BCUT2D eigenvalue weighted by Crippen LogP contribution is 2.53. The largest absolute Gasteiger partial charge is 0.303 e. The highest BCUT2D eigenvalue weighted by atomic mass is 16.1. The number of hydrogen-bond donors (Lipinski definition) is 0. The van der Waals surface area contributed by atoms with Crippen molar-refractivity contribution in [1.82, 2.24) is 0 Å². The Hall–Kier alpha value is -0.590. The van der Waals surface area contributed by atoms with Crippen LogP contribution in [0.1, 0.15) is 26.2 Å². The second kappa shape index (κ2) is 2.20. The van der Waals surface area contributed by atoms with Gasteiger partial charge in [-0.25, -0.2) is 0 Å². The molecule has 2 bridgehead atoms. The van der Waals surface area contributed by atoms with Crippen molar-refractivity contribution < 1.29 is 4.79 Å². The third-order valence-electron chi connectivity index (χ3n) is 3.35. The first-order valence-electron chi connectivity index (χ1n) is 4.36. The Kier molecular flexibility index (Phi) is 1.41.